The Morgan fingerprint density at radius 2 is 2.00 bits per heavy atom. The van der Waals surface area contributed by atoms with Crippen LogP contribution < -0.4 is 10.1 Å². The fourth-order valence-electron chi connectivity index (χ4n) is 3.07. The normalized spacial score (nSPS) is 19.6. The Balaban J connectivity index is 1.72. The van der Waals surface area contributed by atoms with Crippen molar-refractivity contribution in [3.8, 4) is 5.75 Å². The predicted octanol–water partition coefficient (Wildman–Crippen LogP) is 3.44. The zero-order valence-corrected chi connectivity index (χ0v) is 13.6. The van der Waals surface area contributed by atoms with Crippen molar-refractivity contribution in [1.29, 1.82) is 0 Å². The monoisotopic (exact) mass is 290 g/mol. The molecule has 0 bridgehead atoms. The summed E-state index contributed by atoms with van der Waals surface area (Å²) in [6, 6.07) is 9.23. The van der Waals surface area contributed by atoms with Crippen molar-refractivity contribution >= 4 is 0 Å². The summed E-state index contributed by atoms with van der Waals surface area (Å²) in [7, 11) is 0. The molecule has 1 unspecified atom stereocenters. The molecule has 1 atom stereocenters. The standard InChI is InChI=1S/C18H30N2O/c1-3-17-7-5-6-12-20(17)13-14-21-18-10-8-16(9-11-18)15-19-4-2/h8-11,17,19H,3-7,12-15H2,1-2H3. The zero-order chi connectivity index (χ0) is 14.9. The van der Waals surface area contributed by atoms with Crippen molar-refractivity contribution in [2.75, 3.05) is 26.2 Å². The van der Waals surface area contributed by atoms with E-state index in [1.807, 2.05) is 0 Å². The molecule has 1 aliphatic rings. The van der Waals surface area contributed by atoms with Gasteiger partial charge in [-0.05, 0) is 50.0 Å². The third-order valence-electron chi connectivity index (χ3n) is 4.37. The zero-order valence-electron chi connectivity index (χ0n) is 13.6. The molecule has 0 saturated carbocycles. The van der Waals surface area contributed by atoms with E-state index in [0.717, 1.165) is 38.0 Å². The second-order valence-corrected chi connectivity index (χ2v) is 5.87. The highest BCUT2D eigenvalue weighted by Crippen LogP contribution is 2.19. The molecule has 0 radical (unpaired) electrons. The van der Waals surface area contributed by atoms with Crippen molar-refractivity contribution in [3.05, 3.63) is 29.8 Å². The lowest BCUT2D eigenvalue weighted by Crippen LogP contribution is -2.41. The molecule has 1 aromatic carbocycles. The average molecular weight is 290 g/mol. The summed E-state index contributed by atoms with van der Waals surface area (Å²) in [6.07, 6.45) is 5.35. The summed E-state index contributed by atoms with van der Waals surface area (Å²) in [5, 5.41) is 3.33. The van der Waals surface area contributed by atoms with Gasteiger partial charge in [0.25, 0.3) is 0 Å². The van der Waals surface area contributed by atoms with E-state index >= 15 is 0 Å². The van der Waals surface area contributed by atoms with Gasteiger partial charge in [0.05, 0.1) is 0 Å². The van der Waals surface area contributed by atoms with Crippen molar-refractivity contribution < 1.29 is 4.74 Å². The lowest BCUT2D eigenvalue weighted by atomic mass is 10.0. The number of hydrogen-bond donors (Lipinski definition) is 1. The first kappa shape index (κ1) is 16.3. The second kappa shape index (κ2) is 9.06. The van der Waals surface area contributed by atoms with Crippen molar-refractivity contribution in [2.24, 2.45) is 0 Å². The second-order valence-electron chi connectivity index (χ2n) is 5.87. The van der Waals surface area contributed by atoms with E-state index in [-0.39, 0.29) is 0 Å². The minimum atomic E-state index is 0.768. The van der Waals surface area contributed by atoms with Gasteiger partial charge in [-0.15, -0.1) is 0 Å². The largest absolute Gasteiger partial charge is 0.492 e. The van der Waals surface area contributed by atoms with Crippen molar-refractivity contribution in [3.63, 3.8) is 0 Å². The van der Waals surface area contributed by atoms with Crippen LogP contribution in [-0.2, 0) is 6.54 Å². The van der Waals surface area contributed by atoms with E-state index in [9.17, 15) is 0 Å². The van der Waals surface area contributed by atoms with Crippen LogP contribution in [0.1, 0.15) is 45.1 Å². The fourth-order valence-corrected chi connectivity index (χ4v) is 3.07. The van der Waals surface area contributed by atoms with E-state index < -0.39 is 0 Å². The molecule has 0 spiro atoms. The van der Waals surface area contributed by atoms with Crippen LogP contribution >= 0.6 is 0 Å². The van der Waals surface area contributed by atoms with Crippen LogP contribution in [0.5, 0.6) is 5.75 Å². The average Bonchev–Trinajstić information content (AvgIpc) is 2.54. The molecule has 1 heterocycles. The molecule has 1 N–H and O–H groups in total. The first-order valence-electron chi connectivity index (χ1n) is 8.50. The number of benzene rings is 1. The van der Waals surface area contributed by atoms with Crippen molar-refractivity contribution in [2.45, 2.75) is 52.1 Å². The predicted molar refractivity (Wildman–Crippen MR) is 88.8 cm³/mol. The Labute approximate surface area is 129 Å². The third-order valence-corrected chi connectivity index (χ3v) is 4.37. The number of hydrogen-bond acceptors (Lipinski definition) is 3. The maximum atomic E-state index is 5.90. The first-order chi connectivity index (χ1) is 10.3. The van der Waals surface area contributed by atoms with Gasteiger partial charge in [-0.2, -0.15) is 0 Å². The molecule has 0 aliphatic carbocycles. The number of nitrogens with zero attached hydrogens (tertiary/aromatic N) is 1. The Hall–Kier alpha value is -1.06. The summed E-state index contributed by atoms with van der Waals surface area (Å²) in [5.41, 5.74) is 1.31. The summed E-state index contributed by atoms with van der Waals surface area (Å²) in [6.45, 7) is 9.45. The molecule has 1 fully saturated rings. The van der Waals surface area contributed by atoms with Gasteiger partial charge in [0.15, 0.2) is 0 Å². The summed E-state index contributed by atoms with van der Waals surface area (Å²) < 4.78 is 5.90. The van der Waals surface area contributed by atoms with Gasteiger partial charge in [0.2, 0.25) is 0 Å². The number of nitrogens with one attached hydrogen (secondary N) is 1. The summed E-state index contributed by atoms with van der Waals surface area (Å²) >= 11 is 0. The van der Waals surface area contributed by atoms with Gasteiger partial charge in [-0.3, -0.25) is 4.90 Å². The summed E-state index contributed by atoms with van der Waals surface area (Å²) in [5.74, 6) is 0.986. The highest BCUT2D eigenvalue weighted by Gasteiger charge is 2.20. The van der Waals surface area contributed by atoms with E-state index in [1.54, 1.807) is 0 Å². The van der Waals surface area contributed by atoms with Gasteiger partial charge in [0, 0.05) is 19.1 Å². The highest BCUT2D eigenvalue weighted by atomic mass is 16.5. The van der Waals surface area contributed by atoms with Gasteiger partial charge in [0.1, 0.15) is 12.4 Å². The van der Waals surface area contributed by atoms with Crippen molar-refractivity contribution in [1.82, 2.24) is 10.2 Å². The van der Waals surface area contributed by atoms with E-state index in [0.29, 0.717) is 0 Å². The molecule has 1 aromatic rings. The lowest BCUT2D eigenvalue weighted by molar-refractivity contribution is 0.120. The Morgan fingerprint density at radius 3 is 2.71 bits per heavy atom. The van der Waals surface area contributed by atoms with Gasteiger partial charge < -0.3 is 10.1 Å². The molecular formula is C18H30N2O. The van der Waals surface area contributed by atoms with Gasteiger partial charge in [-0.25, -0.2) is 0 Å². The molecule has 3 nitrogen and oxygen atoms in total. The number of piperidine rings is 1. The first-order valence-corrected chi connectivity index (χ1v) is 8.50. The quantitative estimate of drug-likeness (QED) is 0.794. The molecule has 118 valence electrons. The topological polar surface area (TPSA) is 24.5 Å². The molecule has 21 heavy (non-hydrogen) atoms. The van der Waals surface area contributed by atoms with E-state index in [2.05, 4.69) is 48.3 Å². The fraction of sp³-hybridized carbons (Fsp3) is 0.667. The molecule has 1 saturated heterocycles. The summed E-state index contributed by atoms with van der Waals surface area (Å²) in [4.78, 5) is 2.60. The Bertz CT molecular complexity index is 391. The van der Waals surface area contributed by atoms with Crippen LogP contribution in [0.25, 0.3) is 0 Å². The molecule has 0 amide bonds. The molecule has 2 rings (SSSR count). The van der Waals surface area contributed by atoms with Crippen LogP contribution in [0, 0.1) is 0 Å². The van der Waals surface area contributed by atoms with Gasteiger partial charge >= 0.3 is 0 Å². The lowest BCUT2D eigenvalue weighted by Gasteiger charge is -2.34. The molecular weight excluding hydrogens is 260 g/mol. The minimum absolute atomic E-state index is 0.768. The van der Waals surface area contributed by atoms with Crippen LogP contribution in [-0.4, -0.2) is 37.2 Å². The van der Waals surface area contributed by atoms with E-state index in [1.165, 1.54) is 37.8 Å². The highest BCUT2D eigenvalue weighted by molar-refractivity contribution is 5.27. The Kier molecular flexibility index (Phi) is 7.04. The van der Waals surface area contributed by atoms with E-state index in [4.69, 9.17) is 4.74 Å². The van der Waals surface area contributed by atoms with Gasteiger partial charge in [-0.1, -0.05) is 32.4 Å². The maximum absolute atomic E-state index is 5.90. The number of rotatable bonds is 8. The van der Waals surface area contributed by atoms with Crippen LogP contribution in [0.15, 0.2) is 24.3 Å². The number of likely N-dealkylation sites (tertiary alicyclic amines) is 1. The SMILES string of the molecule is CCNCc1ccc(OCCN2CCCCC2CC)cc1. The smallest absolute Gasteiger partial charge is 0.119 e. The van der Waals surface area contributed by atoms with Crippen LogP contribution in [0.4, 0.5) is 0 Å². The number of ether oxygens (including phenoxy) is 1. The Morgan fingerprint density at radius 1 is 1.19 bits per heavy atom. The minimum Gasteiger partial charge on any atom is -0.492 e. The molecule has 3 heteroatoms. The third kappa shape index (κ3) is 5.33. The molecule has 0 aromatic heterocycles. The van der Waals surface area contributed by atoms with Crippen LogP contribution in [0.2, 0.25) is 0 Å². The van der Waals surface area contributed by atoms with Crippen LogP contribution in [0.3, 0.4) is 0 Å². The molecule has 1 aliphatic heterocycles. The maximum Gasteiger partial charge on any atom is 0.119 e.